The fourth-order valence-electron chi connectivity index (χ4n) is 2.91. The van der Waals surface area contributed by atoms with E-state index in [0.717, 1.165) is 29.7 Å². The van der Waals surface area contributed by atoms with Gasteiger partial charge in [-0.2, -0.15) is 0 Å². The number of nitrogens with one attached hydrogen (secondary N) is 2. The zero-order chi connectivity index (χ0) is 21.9. The predicted molar refractivity (Wildman–Crippen MR) is 116 cm³/mol. The molecule has 0 fully saturated rings. The van der Waals surface area contributed by atoms with Gasteiger partial charge < -0.3 is 20.1 Å². The summed E-state index contributed by atoms with van der Waals surface area (Å²) < 4.78 is 10.1. The molecule has 2 aromatic carbocycles. The Labute approximate surface area is 176 Å². The summed E-state index contributed by atoms with van der Waals surface area (Å²) in [5.74, 6) is -0.635. The molecule has 0 unspecified atom stereocenters. The van der Waals surface area contributed by atoms with E-state index in [2.05, 4.69) is 10.6 Å². The van der Waals surface area contributed by atoms with Crippen LogP contribution in [-0.2, 0) is 32.0 Å². The molecule has 2 N–H and O–H groups in total. The monoisotopic (exact) mass is 412 g/mol. The average Bonchev–Trinajstić information content (AvgIpc) is 2.76. The molecular weight excluding hydrogens is 384 g/mol. The minimum atomic E-state index is -0.602. The molecule has 0 aliphatic carbocycles. The molecule has 0 aliphatic heterocycles. The summed E-state index contributed by atoms with van der Waals surface area (Å²) in [5.41, 5.74) is 3.45. The van der Waals surface area contributed by atoms with Crippen molar-refractivity contribution in [1.82, 2.24) is 0 Å². The first-order valence-corrected chi connectivity index (χ1v) is 9.96. The third-order valence-corrected chi connectivity index (χ3v) is 4.56. The van der Waals surface area contributed by atoms with Gasteiger partial charge in [-0.3, -0.25) is 14.4 Å². The van der Waals surface area contributed by atoms with Crippen molar-refractivity contribution in [3.8, 4) is 5.75 Å². The van der Waals surface area contributed by atoms with Gasteiger partial charge in [0.05, 0.1) is 13.5 Å². The third-order valence-electron chi connectivity index (χ3n) is 4.56. The Balaban J connectivity index is 1.76. The van der Waals surface area contributed by atoms with Gasteiger partial charge in [0.2, 0.25) is 5.91 Å². The van der Waals surface area contributed by atoms with Crippen molar-refractivity contribution in [3.05, 3.63) is 53.6 Å². The van der Waals surface area contributed by atoms with Gasteiger partial charge in [0.25, 0.3) is 5.91 Å². The Hall–Kier alpha value is -3.35. The first-order chi connectivity index (χ1) is 14.5. The lowest BCUT2D eigenvalue weighted by Crippen LogP contribution is -2.23. The van der Waals surface area contributed by atoms with Gasteiger partial charge in [0.15, 0.2) is 6.61 Å². The predicted octanol–water partition coefficient (Wildman–Crippen LogP) is 3.72. The van der Waals surface area contributed by atoms with Crippen molar-refractivity contribution in [2.45, 2.75) is 39.5 Å². The summed E-state index contributed by atoms with van der Waals surface area (Å²) in [5, 5.41) is 5.53. The Bertz CT molecular complexity index is 855. The van der Waals surface area contributed by atoms with Gasteiger partial charge in [0.1, 0.15) is 5.75 Å². The molecular formula is C23H28N2O5. The molecule has 2 rings (SSSR count). The maximum atomic E-state index is 12.2. The SMILES string of the molecule is CCc1cccc(CC)c1NC(=O)COC(=O)CCC(=O)Nc1ccc(OC)cc1. The second-order valence-corrected chi connectivity index (χ2v) is 6.64. The van der Waals surface area contributed by atoms with E-state index in [-0.39, 0.29) is 25.4 Å². The molecule has 0 aliphatic rings. The number of esters is 1. The molecule has 7 heteroatoms. The fraction of sp³-hybridized carbons (Fsp3) is 0.348. The molecule has 7 nitrogen and oxygen atoms in total. The van der Waals surface area contributed by atoms with E-state index in [4.69, 9.17) is 9.47 Å². The molecule has 2 amide bonds. The van der Waals surface area contributed by atoms with Crippen LogP contribution in [0.25, 0.3) is 0 Å². The summed E-state index contributed by atoms with van der Waals surface area (Å²) in [6, 6.07) is 12.7. The molecule has 0 aromatic heterocycles. The number of hydrogen-bond acceptors (Lipinski definition) is 5. The topological polar surface area (TPSA) is 93.7 Å². The lowest BCUT2D eigenvalue weighted by molar-refractivity contribution is -0.147. The van der Waals surface area contributed by atoms with Crippen LogP contribution >= 0.6 is 0 Å². The number of benzene rings is 2. The number of ether oxygens (including phenoxy) is 2. The van der Waals surface area contributed by atoms with Gasteiger partial charge in [-0.25, -0.2) is 0 Å². The number of aryl methyl sites for hydroxylation is 2. The first-order valence-electron chi connectivity index (χ1n) is 9.96. The van der Waals surface area contributed by atoms with Crippen molar-refractivity contribution >= 4 is 29.2 Å². The minimum Gasteiger partial charge on any atom is -0.497 e. The molecule has 0 bridgehead atoms. The van der Waals surface area contributed by atoms with E-state index < -0.39 is 11.9 Å². The maximum Gasteiger partial charge on any atom is 0.306 e. The molecule has 0 radical (unpaired) electrons. The lowest BCUT2D eigenvalue weighted by atomic mass is 10.0. The van der Waals surface area contributed by atoms with E-state index in [1.807, 2.05) is 32.0 Å². The summed E-state index contributed by atoms with van der Waals surface area (Å²) in [4.78, 5) is 36.1. The molecule has 0 heterocycles. The highest BCUT2D eigenvalue weighted by atomic mass is 16.5. The zero-order valence-corrected chi connectivity index (χ0v) is 17.6. The second kappa shape index (κ2) is 11.6. The first kappa shape index (κ1) is 22.9. The molecule has 0 saturated carbocycles. The highest BCUT2D eigenvalue weighted by Crippen LogP contribution is 2.22. The summed E-state index contributed by atoms with van der Waals surface area (Å²) in [6.45, 7) is 3.64. The van der Waals surface area contributed by atoms with E-state index in [1.165, 1.54) is 0 Å². The zero-order valence-electron chi connectivity index (χ0n) is 17.6. The molecule has 0 spiro atoms. The van der Waals surface area contributed by atoms with E-state index in [0.29, 0.717) is 11.4 Å². The van der Waals surface area contributed by atoms with Gasteiger partial charge >= 0.3 is 5.97 Å². The number of rotatable bonds is 10. The Kier molecular flexibility index (Phi) is 8.87. The van der Waals surface area contributed by atoms with Crippen LogP contribution in [0.2, 0.25) is 0 Å². The number of para-hydroxylation sites is 1. The molecule has 0 atom stereocenters. The fourth-order valence-corrected chi connectivity index (χ4v) is 2.91. The van der Waals surface area contributed by atoms with Crippen molar-refractivity contribution in [1.29, 1.82) is 0 Å². The quantitative estimate of drug-likeness (QED) is 0.580. The van der Waals surface area contributed by atoms with E-state index >= 15 is 0 Å². The Morgan fingerprint density at radius 1 is 0.833 bits per heavy atom. The minimum absolute atomic E-state index is 0.0366. The number of hydrogen-bond donors (Lipinski definition) is 2. The van der Waals surface area contributed by atoms with Crippen molar-refractivity contribution < 1.29 is 23.9 Å². The van der Waals surface area contributed by atoms with Gasteiger partial charge in [0, 0.05) is 17.8 Å². The van der Waals surface area contributed by atoms with E-state index in [9.17, 15) is 14.4 Å². The van der Waals surface area contributed by atoms with Crippen LogP contribution in [-0.4, -0.2) is 31.5 Å². The second-order valence-electron chi connectivity index (χ2n) is 6.64. The van der Waals surface area contributed by atoms with Crippen LogP contribution in [0.5, 0.6) is 5.75 Å². The smallest absolute Gasteiger partial charge is 0.306 e. The van der Waals surface area contributed by atoms with Crippen molar-refractivity contribution in [2.75, 3.05) is 24.4 Å². The van der Waals surface area contributed by atoms with Crippen LogP contribution in [0.4, 0.5) is 11.4 Å². The van der Waals surface area contributed by atoms with Crippen LogP contribution in [0.3, 0.4) is 0 Å². The van der Waals surface area contributed by atoms with Crippen LogP contribution in [0.1, 0.15) is 37.8 Å². The maximum absolute atomic E-state index is 12.2. The molecule has 2 aromatic rings. The lowest BCUT2D eigenvalue weighted by Gasteiger charge is -2.14. The van der Waals surface area contributed by atoms with Crippen molar-refractivity contribution in [3.63, 3.8) is 0 Å². The number of methoxy groups -OCH3 is 1. The standard InChI is InChI=1S/C23H28N2O5/c1-4-16-7-6-8-17(5-2)23(16)25-21(27)15-30-22(28)14-13-20(26)24-18-9-11-19(29-3)12-10-18/h6-12H,4-5,13-15H2,1-3H3,(H,24,26)(H,25,27). The van der Waals surface area contributed by atoms with Crippen LogP contribution in [0.15, 0.2) is 42.5 Å². The number of anilines is 2. The highest BCUT2D eigenvalue weighted by Gasteiger charge is 2.13. The van der Waals surface area contributed by atoms with Gasteiger partial charge in [-0.15, -0.1) is 0 Å². The normalized spacial score (nSPS) is 10.2. The molecule has 0 saturated heterocycles. The highest BCUT2D eigenvalue weighted by molar-refractivity contribution is 5.95. The summed E-state index contributed by atoms with van der Waals surface area (Å²) in [6.07, 6.45) is 1.42. The van der Waals surface area contributed by atoms with Crippen LogP contribution in [0, 0.1) is 0 Å². The van der Waals surface area contributed by atoms with Crippen LogP contribution < -0.4 is 15.4 Å². The largest absolute Gasteiger partial charge is 0.497 e. The average molecular weight is 412 g/mol. The number of carbonyl (C=O) groups is 3. The van der Waals surface area contributed by atoms with Gasteiger partial charge in [-0.05, 0) is 48.2 Å². The molecule has 30 heavy (non-hydrogen) atoms. The number of amides is 2. The Morgan fingerprint density at radius 3 is 2.03 bits per heavy atom. The Morgan fingerprint density at radius 2 is 1.47 bits per heavy atom. The van der Waals surface area contributed by atoms with Gasteiger partial charge in [-0.1, -0.05) is 32.0 Å². The van der Waals surface area contributed by atoms with Crippen molar-refractivity contribution in [2.24, 2.45) is 0 Å². The molecule has 160 valence electrons. The third kappa shape index (κ3) is 6.92. The summed E-state index contributed by atoms with van der Waals surface area (Å²) >= 11 is 0. The van der Waals surface area contributed by atoms with E-state index in [1.54, 1.807) is 31.4 Å². The summed E-state index contributed by atoms with van der Waals surface area (Å²) in [7, 11) is 1.56. The number of carbonyl (C=O) groups excluding carboxylic acids is 3.